The van der Waals surface area contributed by atoms with Crippen LogP contribution in [-0.2, 0) is 9.09 Å². The minimum atomic E-state index is -3.63. The van der Waals surface area contributed by atoms with Crippen LogP contribution in [0.2, 0.25) is 0 Å². The van der Waals surface area contributed by atoms with Crippen molar-refractivity contribution in [2.75, 3.05) is 21.1 Å². The van der Waals surface area contributed by atoms with Crippen LogP contribution in [0, 0.1) is 0 Å². The van der Waals surface area contributed by atoms with Crippen LogP contribution in [0.1, 0.15) is 142 Å². The van der Waals surface area contributed by atoms with Crippen LogP contribution in [0.4, 0.5) is 0 Å². The van der Waals surface area contributed by atoms with Gasteiger partial charge in [0.15, 0.2) is 0 Å². The van der Waals surface area contributed by atoms with E-state index in [9.17, 15) is 9.46 Å². The van der Waals surface area contributed by atoms with Gasteiger partial charge in [-0.25, -0.2) is 4.57 Å². The highest BCUT2D eigenvalue weighted by Crippen LogP contribution is 2.51. The Kier molecular flexibility index (Phi) is 20.8. The minimum absolute atomic E-state index is 0.396. The maximum absolute atomic E-state index is 12.5. The molecule has 33 heavy (non-hydrogen) atoms. The first-order valence-corrected chi connectivity index (χ1v) is 15.9. The van der Waals surface area contributed by atoms with Crippen LogP contribution in [0.15, 0.2) is 12.3 Å². The molecule has 0 spiro atoms. The number of unbranched alkanes of at least 4 members (excludes halogenated alkanes) is 18. The van der Waals surface area contributed by atoms with E-state index in [2.05, 4.69) is 6.92 Å². The van der Waals surface area contributed by atoms with E-state index in [4.69, 9.17) is 4.52 Å². The third-order valence-electron chi connectivity index (χ3n) is 6.67. The first-order valence-electron chi connectivity index (χ1n) is 14.2. The quantitative estimate of drug-likeness (QED) is 0.0636. The van der Waals surface area contributed by atoms with E-state index in [-0.39, 0.29) is 0 Å². The zero-order valence-corrected chi connectivity index (χ0v) is 23.9. The highest BCUT2D eigenvalue weighted by molar-refractivity contribution is 7.53. The normalized spacial score (nSPS) is 15.1. The molecule has 0 saturated carbocycles. The molecule has 0 fully saturated rings. The molecule has 0 amide bonds. The van der Waals surface area contributed by atoms with Gasteiger partial charge in [0, 0.05) is 6.42 Å². The Morgan fingerprint density at radius 3 is 1.39 bits per heavy atom. The van der Waals surface area contributed by atoms with E-state index in [1.807, 2.05) is 34.1 Å². The first-order chi connectivity index (χ1) is 15.8. The second kappa shape index (κ2) is 21.0. The average Bonchev–Trinajstić information content (AvgIpc) is 2.74. The largest absolute Gasteiger partial charge is 0.433 e. The molecular weight excluding hydrogens is 429 g/mol. The van der Waals surface area contributed by atoms with E-state index in [0.717, 1.165) is 12.8 Å². The molecule has 0 aromatic carbocycles. The van der Waals surface area contributed by atoms with E-state index >= 15 is 0 Å². The van der Waals surface area contributed by atoms with Crippen molar-refractivity contribution in [2.24, 2.45) is 0 Å². The SMILES string of the molecule is CCCCCCCCCCCCCCCCCCCCC=COP(=O)(O)C(CC)[N+](C)(C)C. The molecule has 0 aliphatic carbocycles. The van der Waals surface area contributed by atoms with Gasteiger partial charge in [-0.15, -0.1) is 0 Å². The smallest absolute Gasteiger partial charge is 0.429 e. The topological polar surface area (TPSA) is 46.5 Å². The summed E-state index contributed by atoms with van der Waals surface area (Å²) in [6, 6.07) is 0. The third-order valence-corrected chi connectivity index (χ3v) is 8.90. The molecule has 0 heterocycles. The summed E-state index contributed by atoms with van der Waals surface area (Å²) >= 11 is 0. The number of allylic oxidation sites excluding steroid dienone is 1. The summed E-state index contributed by atoms with van der Waals surface area (Å²) in [6.07, 6.45) is 29.8. The Labute approximate surface area is 207 Å². The Hall–Kier alpha value is -0.310. The molecule has 0 bridgehead atoms. The van der Waals surface area contributed by atoms with Crippen molar-refractivity contribution in [1.82, 2.24) is 0 Å². The van der Waals surface area contributed by atoms with Gasteiger partial charge in [-0.05, 0) is 18.9 Å². The van der Waals surface area contributed by atoms with Crippen LogP contribution in [0.3, 0.4) is 0 Å². The van der Waals surface area contributed by atoms with Crippen molar-refractivity contribution < 1.29 is 18.5 Å². The minimum Gasteiger partial charge on any atom is -0.429 e. The predicted molar refractivity (Wildman–Crippen MR) is 146 cm³/mol. The zero-order chi connectivity index (χ0) is 24.8. The van der Waals surface area contributed by atoms with Gasteiger partial charge in [0.2, 0.25) is 5.78 Å². The van der Waals surface area contributed by atoms with Crippen molar-refractivity contribution >= 4 is 7.60 Å². The molecule has 0 aromatic heterocycles. The number of hydrogen-bond acceptors (Lipinski definition) is 2. The molecule has 0 aliphatic heterocycles. The van der Waals surface area contributed by atoms with E-state index in [1.54, 1.807) is 0 Å². The zero-order valence-electron chi connectivity index (χ0n) is 23.0. The van der Waals surface area contributed by atoms with Gasteiger partial charge in [-0.1, -0.05) is 123 Å². The molecule has 1 N–H and O–H groups in total. The van der Waals surface area contributed by atoms with Crippen molar-refractivity contribution in [2.45, 2.75) is 148 Å². The molecule has 5 heteroatoms. The molecule has 2 atom stereocenters. The van der Waals surface area contributed by atoms with Gasteiger partial charge in [-0.3, -0.25) is 0 Å². The molecule has 0 aromatic rings. The molecular formula is C28H59NO3P+. The number of rotatable bonds is 24. The number of hydrogen-bond donors (Lipinski definition) is 1. The van der Waals surface area contributed by atoms with Crippen LogP contribution in [0.25, 0.3) is 0 Å². The Morgan fingerprint density at radius 2 is 1.06 bits per heavy atom. The number of quaternary nitrogens is 1. The predicted octanol–water partition coefficient (Wildman–Crippen LogP) is 9.58. The fraction of sp³-hybridized carbons (Fsp3) is 0.929. The molecule has 4 nitrogen and oxygen atoms in total. The van der Waals surface area contributed by atoms with Crippen molar-refractivity contribution in [3.05, 3.63) is 12.3 Å². The summed E-state index contributed by atoms with van der Waals surface area (Å²) in [7, 11) is 2.16. The lowest BCUT2D eigenvalue weighted by atomic mass is 10.0. The highest BCUT2D eigenvalue weighted by Gasteiger charge is 2.41. The Morgan fingerprint density at radius 1 is 0.697 bits per heavy atom. The molecule has 198 valence electrons. The second-order valence-electron chi connectivity index (χ2n) is 10.8. The van der Waals surface area contributed by atoms with Crippen molar-refractivity contribution in [3.63, 3.8) is 0 Å². The fourth-order valence-corrected chi connectivity index (χ4v) is 6.39. The van der Waals surface area contributed by atoms with E-state index in [0.29, 0.717) is 10.9 Å². The maximum Gasteiger partial charge on any atom is 0.433 e. The summed E-state index contributed by atoms with van der Waals surface area (Å²) in [5, 5.41) is 0. The number of nitrogens with zero attached hydrogens (tertiary/aromatic N) is 1. The molecule has 0 radical (unpaired) electrons. The third kappa shape index (κ3) is 19.7. The van der Waals surface area contributed by atoms with Gasteiger partial charge in [-0.2, -0.15) is 0 Å². The lowest BCUT2D eigenvalue weighted by molar-refractivity contribution is -0.883. The van der Waals surface area contributed by atoms with E-state index in [1.165, 1.54) is 115 Å². The Bertz CT molecular complexity index is 502. The summed E-state index contributed by atoms with van der Waals surface area (Å²) < 4.78 is 18.1. The summed E-state index contributed by atoms with van der Waals surface area (Å²) in [5.41, 5.74) is 0. The van der Waals surface area contributed by atoms with Crippen LogP contribution < -0.4 is 0 Å². The van der Waals surface area contributed by atoms with Gasteiger partial charge in [0.1, 0.15) is 0 Å². The van der Waals surface area contributed by atoms with Gasteiger partial charge >= 0.3 is 7.60 Å². The molecule has 0 saturated heterocycles. The van der Waals surface area contributed by atoms with Crippen LogP contribution in [0.5, 0.6) is 0 Å². The van der Waals surface area contributed by atoms with Gasteiger partial charge in [0.25, 0.3) is 0 Å². The Balaban J connectivity index is 3.44. The summed E-state index contributed by atoms with van der Waals surface area (Å²) in [5.74, 6) is -0.396. The van der Waals surface area contributed by atoms with Crippen molar-refractivity contribution in [3.8, 4) is 0 Å². The standard InChI is InChI=1S/C28H58NO3P/c1-6-8-9-10-11-12-13-14-15-16-17-18-19-20-21-22-23-24-25-26-27-32-33(30,31)28(7-2)29(3,4)5/h26-28H,6-25H2,1-5H3/p+1. The summed E-state index contributed by atoms with van der Waals surface area (Å²) in [4.78, 5) is 10.2. The lowest BCUT2D eigenvalue weighted by Gasteiger charge is -2.34. The lowest BCUT2D eigenvalue weighted by Crippen LogP contribution is -2.44. The van der Waals surface area contributed by atoms with E-state index < -0.39 is 13.4 Å². The van der Waals surface area contributed by atoms with Crippen LogP contribution in [-0.4, -0.2) is 36.3 Å². The average molecular weight is 489 g/mol. The van der Waals surface area contributed by atoms with Gasteiger partial charge < -0.3 is 13.9 Å². The molecule has 0 rings (SSSR count). The monoisotopic (exact) mass is 488 g/mol. The van der Waals surface area contributed by atoms with Crippen molar-refractivity contribution in [1.29, 1.82) is 0 Å². The summed E-state index contributed by atoms with van der Waals surface area (Å²) in [6.45, 7) is 4.22. The second-order valence-corrected chi connectivity index (χ2v) is 12.8. The maximum atomic E-state index is 12.5. The van der Waals surface area contributed by atoms with Gasteiger partial charge in [0.05, 0.1) is 27.4 Å². The fourth-order valence-electron chi connectivity index (χ4n) is 4.65. The van der Waals surface area contributed by atoms with Crippen LogP contribution >= 0.6 is 7.60 Å². The first kappa shape index (κ1) is 32.7. The highest BCUT2D eigenvalue weighted by atomic mass is 31.2. The molecule has 0 aliphatic rings. The molecule has 2 unspecified atom stereocenters.